The number of aliphatic hydroxyl groups is 1. The number of nitrogens with one attached hydrogen (secondary N) is 1. The molecule has 0 aliphatic carbocycles. The number of hydrogen-bond donors (Lipinski definition) is 2. The standard InChI is InChI=1S/C16H27NO/c1-12(16(5,6)18)17-14(15(2,3)4)13-10-8-7-9-11-13/h7-12,14,17-18H,1-6H3. The molecule has 0 saturated carbocycles. The van der Waals surface area contributed by atoms with Gasteiger partial charge in [-0.05, 0) is 31.7 Å². The zero-order valence-electron chi connectivity index (χ0n) is 12.5. The summed E-state index contributed by atoms with van der Waals surface area (Å²) in [5.41, 5.74) is 0.639. The summed E-state index contributed by atoms with van der Waals surface area (Å²) in [5.74, 6) is 0. The maximum absolute atomic E-state index is 10.1. The third kappa shape index (κ3) is 4.11. The van der Waals surface area contributed by atoms with Gasteiger partial charge in [0.2, 0.25) is 0 Å². The Morgan fingerprint density at radius 2 is 1.50 bits per heavy atom. The van der Waals surface area contributed by atoms with Crippen molar-refractivity contribution in [3.8, 4) is 0 Å². The Hall–Kier alpha value is -0.860. The lowest BCUT2D eigenvalue weighted by molar-refractivity contribution is 0.0325. The predicted molar refractivity (Wildman–Crippen MR) is 77.5 cm³/mol. The molecule has 2 unspecified atom stereocenters. The fraction of sp³-hybridized carbons (Fsp3) is 0.625. The molecular weight excluding hydrogens is 222 g/mol. The molecule has 18 heavy (non-hydrogen) atoms. The third-order valence-corrected chi connectivity index (χ3v) is 3.48. The molecule has 0 saturated heterocycles. The molecule has 0 aromatic heterocycles. The summed E-state index contributed by atoms with van der Waals surface area (Å²) < 4.78 is 0. The molecule has 2 atom stereocenters. The van der Waals surface area contributed by atoms with Crippen LogP contribution in [0.15, 0.2) is 30.3 Å². The van der Waals surface area contributed by atoms with Crippen molar-refractivity contribution in [1.82, 2.24) is 5.32 Å². The van der Waals surface area contributed by atoms with Gasteiger partial charge in [0.05, 0.1) is 5.60 Å². The van der Waals surface area contributed by atoms with E-state index < -0.39 is 5.60 Å². The van der Waals surface area contributed by atoms with Crippen molar-refractivity contribution < 1.29 is 5.11 Å². The SMILES string of the molecule is CC(NC(c1ccccc1)C(C)(C)C)C(C)(C)O. The molecular formula is C16H27NO. The molecule has 0 heterocycles. The summed E-state index contributed by atoms with van der Waals surface area (Å²) in [6, 6.07) is 10.7. The van der Waals surface area contributed by atoms with Crippen molar-refractivity contribution in [2.75, 3.05) is 0 Å². The molecule has 2 nitrogen and oxygen atoms in total. The van der Waals surface area contributed by atoms with Gasteiger partial charge in [0.1, 0.15) is 0 Å². The van der Waals surface area contributed by atoms with Crippen molar-refractivity contribution in [2.45, 2.75) is 59.2 Å². The van der Waals surface area contributed by atoms with E-state index in [1.165, 1.54) is 5.56 Å². The molecule has 0 aliphatic rings. The second-order valence-electron chi connectivity index (χ2n) is 6.75. The van der Waals surface area contributed by atoms with E-state index >= 15 is 0 Å². The first-order valence-electron chi connectivity index (χ1n) is 6.66. The molecule has 0 amide bonds. The van der Waals surface area contributed by atoms with Crippen LogP contribution in [0.3, 0.4) is 0 Å². The average Bonchev–Trinajstić information content (AvgIpc) is 2.23. The van der Waals surface area contributed by atoms with Crippen LogP contribution in [0, 0.1) is 5.41 Å². The fourth-order valence-electron chi connectivity index (χ4n) is 1.95. The second-order valence-corrected chi connectivity index (χ2v) is 6.75. The molecule has 0 aliphatic heterocycles. The average molecular weight is 249 g/mol. The van der Waals surface area contributed by atoms with Gasteiger partial charge in [-0.15, -0.1) is 0 Å². The monoisotopic (exact) mass is 249 g/mol. The molecule has 0 bridgehead atoms. The van der Waals surface area contributed by atoms with Gasteiger partial charge in [-0.25, -0.2) is 0 Å². The maximum atomic E-state index is 10.1. The van der Waals surface area contributed by atoms with Crippen LogP contribution in [0.5, 0.6) is 0 Å². The summed E-state index contributed by atoms with van der Waals surface area (Å²) in [6.07, 6.45) is 0. The minimum atomic E-state index is -0.724. The smallest absolute Gasteiger partial charge is 0.0741 e. The molecule has 1 rings (SSSR count). The number of hydrogen-bond acceptors (Lipinski definition) is 2. The normalized spacial score (nSPS) is 16.4. The summed E-state index contributed by atoms with van der Waals surface area (Å²) in [4.78, 5) is 0. The first-order valence-corrected chi connectivity index (χ1v) is 6.66. The highest BCUT2D eigenvalue weighted by atomic mass is 16.3. The van der Waals surface area contributed by atoms with Gasteiger partial charge in [0, 0.05) is 12.1 Å². The highest BCUT2D eigenvalue weighted by Crippen LogP contribution is 2.33. The molecule has 2 N–H and O–H groups in total. The number of rotatable bonds is 4. The lowest BCUT2D eigenvalue weighted by atomic mass is 9.81. The van der Waals surface area contributed by atoms with Crippen molar-refractivity contribution >= 4 is 0 Å². The van der Waals surface area contributed by atoms with E-state index in [1.807, 2.05) is 26.8 Å². The summed E-state index contributed by atoms with van der Waals surface area (Å²) in [6.45, 7) is 12.4. The van der Waals surface area contributed by atoms with Crippen LogP contribution in [0.1, 0.15) is 53.1 Å². The Morgan fingerprint density at radius 1 is 1.00 bits per heavy atom. The zero-order chi connectivity index (χ0) is 14.0. The van der Waals surface area contributed by atoms with Crippen LogP contribution in [-0.2, 0) is 0 Å². The van der Waals surface area contributed by atoms with Gasteiger partial charge in [0.15, 0.2) is 0 Å². The second kappa shape index (κ2) is 5.41. The van der Waals surface area contributed by atoms with Crippen molar-refractivity contribution in [2.24, 2.45) is 5.41 Å². The van der Waals surface area contributed by atoms with Crippen LogP contribution in [0.25, 0.3) is 0 Å². The Balaban J connectivity index is 2.95. The van der Waals surface area contributed by atoms with Crippen LogP contribution in [-0.4, -0.2) is 16.7 Å². The van der Waals surface area contributed by atoms with Crippen LogP contribution < -0.4 is 5.32 Å². The number of benzene rings is 1. The van der Waals surface area contributed by atoms with Gasteiger partial charge in [-0.3, -0.25) is 0 Å². The minimum Gasteiger partial charge on any atom is -0.389 e. The molecule has 2 heteroatoms. The van der Waals surface area contributed by atoms with Gasteiger partial charge < -0.3 is 10.4 Å². The van der Waals surface area contributed by atoms with Gasteiger partial charge in [0.25, 0.3) is 0 Å². The lowest BCUT2D eigenvalue weighted by Gasteiger charge is -2.38. The van der Waals surface area contributed by atoms with Gasteiger partial charge in [-0.1, -0.05) is 51.1 Å². The highest BCUT2D eigenvalue weighted by Gasteiger charge is 2.31. The fourth-order valence-corrected chi connectivity index (χ4v) is 1.95. The van der Waals surface area contributed by atoms with Crippen LogP contribution >= 0.6 is 0 Å². The van der Waals surface area contributed by atoms with Crippen molar-refractivity contribution in [3.63, 3.8) is 0 Å². The van der Waals surface area contributed by atoms with Gasteiger partial charge in [-0.2, -0.15) is 0 Å². The van der Waals surface area contributed by atoms with Crippen molar-refractivity contribution in [1.29, 1.82) is 0 Å². The molecule has 102 valence electrons. The molecule has 0 fully saturated rings. The highest BCUT2D eigenvalue weighted by molar-refractivity contribution is 5.21. The van der Waals surface area contributed by atoms with E-state index in [0.29, 0.717) is 0 Å². The van der Waals surface area contributed by atoms with E-state index in [9.17, 15) is 5.11 Å². The maximum Gasteiger partial charge on any atom is 0.0741 e. The summed E-state index contributed by atoms with van der Waals surface area (Å²) >= 11 is 0. The Kier molecular flexibility index (Phi) is 4.57. The van der Waals surface area contributed by atoms with E-state index in [-0.39, 0.29) is 17.5 Å². The lowest BCUT2D eigenvalue weighted by Crippen LogP contribution is -2.48. The molecule has 1 aromatic rings. The minimum absolute atomic E-state index is 0.0296. The molecule has 0 radical (unpaired) electrons. The van der Waals surface area contributed by atoms with E-state index in [2.05, 4.69) is 50.4 Å². The first kappa shape index (κ1) is 15.2. The van der Waals surface area contributed by atoms with E-state index in [1.54, 1.807) is 0 Å². The topological polar surface area (TPSA) is 32.3 Å². The van der Waals surface area contributed by atoms with Gasteiger partial charge >= 0.3 is 0 Å². The molecule has 0 spiro atoms. The Bertz CT molecular complexity index is 359. The summed E-state index contributed by atoms with van der Waals surface area (Å²) in [7, 11) is 0. The van der Waals surface area contributed by atoms with Crippen LogP contribution in [0.2, 0.25) is 0 Å². The largest absolute Gasteiger partial charge is 0.389 e. The first-order chi connectivity index (χ1) is 8.12. The Labute approximate surface area is 111 Å². The summed E-state index contributed by atoms with van der Waals surface area (Å²) in [5, 5.41) is 13.6. The van der Waals surface area contributed by atoms with E-state index in [4.69, 9.17) is 0 Å². The molecule has 1 aromatic carbocycles. The van der Waals surface area contributed by atoms with E-state index in [0.717, 1.165) is 0 Å². The van der Waals surface area contributed by atoms with Crippen molar-refractivity contribution in [3.05, 3.63) is 35.9 Å². The quantitative estimate of drug-likeness (QED) is 0.855. The third-order valence-electron chi connectivity index (χ3n) is 3.48. The Morgan fingerprint density at radius 3 is 1.89 bits per heavy atom. The predicted octanol–water partition coefficient (Wildman–Crippen LogP) is 3.52. The van der Waals surface area contributed by atoms with Crippen LogP contribution in [0.4, 0.5) is 0 Å². The zero-order valence-corrected chi connectivity index (χ0v) is 12.5.